The van der Waals surface area contributed by atoms with E-state index in [1.807, 2.05) is 6.92 Å². The lowest BCUT2D eigenvalue weighted by Crippen LogP contribution is -2.37. The number of rotatable bonds is 5. The summed E-state index contributed by atoms with van der Waals surface area (Å²) in [5, 5.41) is 7.49. The minimum Gasteiger partial charge on any atom is -0.340 e. The van der Waals surface area contributed by atoms with Crippen LogP contribution in [0.1, 0.15) is 43.8 Å². The largest absolute Gasteiger partial charge is 0.340 e. The average molecular weight is 321 g/mol. The number of piperidine rings is 1. The first kappa shape index (κ1) is 16.9. The van der Waals surface area contributed by atoms with E-state index in [4.69, 9.17) is 4.52 Å². The molecule has 2 aliphatic heterocycles. The summed E-state index contributed by atoms with van der Waals surface area (Å²) in [6.07, 6.45) is 6.51. The van der Waals surface area contributed by atoms with Crippen molar-refractivity contribution in [3.8, 4) is 0 Å². The summed E-state index contributed by atoms with van der Waals surface area (Å²) in [5.74, 6) is 2.36. The zero-order valence-electron chi connectivity index (χ0n) is 14.6. The molecule has 23 heavy (non-hydrogen) atoms. The minimum absolute atomic E-state index is 0.631. The van der Waals surface area contributed by atoms with Crippen molar-refractivity contribution >= 4 is 0 Å². The smallest absolute Gasteiger partial charge is 0.223 e. The van der Waals surface area contributed by atoms with Gasteiger partial charge in [-0.1, -0.05) is 5.16 Å². The lowest BCUT2D eigenvalue weighted by molar-refractivity contribution is 0.188. The highest BCUT2D eigenvalue weighted by molar-refractivity contribution is 4.86. The highest BCUT2D eigenvalue weighted by Gasteiger charge is 2.23. The van der Waals surface area contributed by atoms with E-state index in [1.54, 1.807) is 0 Å². The summed E-state index contributed by atoms with van der Waals surface area (Å²) in [7, 11) is 2.19. The molecule has 0 aromatic carbocycles. The van der Waals surface area contributed by atoms with Crippen molar-refractivity contribution in [2.24, 2.45) is 5.92 Å². The fourth-order valence-corrected chi connectivity index (χ4v) is 3.95. The Morgan fingerprint density at radius 2 is 2.04 bits per heavy atom. The molecule has 0 saturated carbocycles. The number of nitrogens with zero attached hydrogens (tertiary/aromatic N) is 4. The molecule has 6 heteroatoms. The molecule has 0 bridgehead atoms. The molecule has 2 aliphatic rings. The van der Waals surface area contributed by atoms with Gasteiger partial charge < -0.3 is 14.7 Å². The van der Waals surface area contributed by atoms with Gasteiger partial charge in [-0.25, -0.2) is 0 Å². The summed E-state index contributed by atoms with van der Waals surface area (Å²) in [4.78, 5) is 9.42. The summed E-state index contributed by atoms with van der Waals surface area (Å²) in [6, 6.07) is 0.631. The van der Waals surface area contributed by atoms with Gasteiger partial charge in [0, 0.05) is 19.5 Å². The van der Waals surface area contributed by atoms with Crippen LogP contribution in [0.5, 0.6) is 0 Å². The molecule has 0 radical (unpaired) electrons. The second-order valence-corrected chi connectivity index (χ2v) is 7.22. The van der Waals surface area contributed by atoms with E-state index in [1.165, 1.54) is 64.8 Å². The normalized spacial score (nSPS) is 24.9. The Hall–Kier alpha value is -0.980. The van der Waals surface area contributed by atoms with Crippen LogP contribution in [-0.4, -0.2) is 65.8 Å². The van der Waals surface area contributed by atoms with E-state index in [0.29, 0.717) is 11.9 Å². The number of aromatic nitrogens is 2. The fraction of sp³-hybridized carbons (Fsp3) is 0.882. The van der Waals surface area contributed by atoms with Gasteiger partial charge in [-0.15, -0.1) is 0 Å². The maximum atomic E-state index is 5.08. The van der Waals surface area contributed by atoms with Crippen molar-refractivity contribution in [1.82, 2.24) is 25.3 Å². The van der Waals surface area contributed by atoms with Gasteiger partial charge in [0.1, 0.15) is 0 Å². The third-order valence-corrected chi connectivity index (χ3v) is 5.35. The van der Waals surface area contributed by atoms with Crippen LogP contribution in [0.15, 0.2) is 4.52 Å². The lowest BCUT2D eigenvalue weighted by Gasteiger charge is -2.29. The lowest BCUT2D eigenvalue weighted by atomic mass is 9.97. The van der Waals surface area contributed by atoms with Crippen molar-refractivity contribution < 1.29 is 4.52 Å². The van der Waals surface area contributed by atoms with E-state index >= 15 is 0 Å². The molecule has 2 fully saturated rings. The molecule has 1 atom stereocenters. The second-order valence-electron chi connectivity index (χ2n) is 7.22. The Labute approximate surface area is 139 Å². The third kappa shape index (κ3) is 4.99. The molecule has 0 aliphatic carbocycles. The molecule has 1 N–H and O–H groups in total. The highest BCUT2D eigenvalue weighted by atomic mass is 16.5. The van der Waals surface area contributed by atoms with Gasteiger partial charge in [0.25, 0.3) is 0 Å². The number of hydrogen-bond acceptors (Lipinski definition) is 6. The van der Waals surface area contributed by atoms with Crippen molar-refractivity contribution in [3.63, 3.8) is 0 Å². The average Bonchev–Trinajstić information content (AvgIpc) is 2.82. The number of hydrogen-bond donors (Lipinski definition) is 1. The van der Waals surface area contributed by atoms with Crippen molar-refractivity contribution in [3.05, 3.63) is 11.7 Å². The molecule has 3 heterocycles. The summed E-state index contributed by atoms with van der Waals surface area (Å²) in [5.41, 5.74) is 0. The fourth-order valence-electron chi connectivity index (χ4n) is 3.95. The van der Waals surface area contributed by atoms with Gasteiger partial charge in [0.15, 0.2) is 5.82 Å². The zero-order chi connectivity index (χ0) is 16.1. The van der Waals surface area contributed by atoms with Crippen LogP contribution in [0.2, 0.25) is 0 Å². The summed E-state index contributed by atoms with van der Waals surface area (Å²) < 4.78 is 5.08. The van der Waals surface area contributed by atoms with E-state index < -0.39 is 0 Å². The first-order valence-electron chi connectivity index (χ1n) is 9.13. The first-order valence-corrected chi connectivity index (χ1v) is 9.13. The molecule has 1 aromatic rings. The third-order valence-electron chi connectivity index (χ3n) is 5.35. The number of aryl methyl sites for hydroxylation is 1. The number of likely N-dealkylation sites (tertiary alicyclic amines) is 1. The molecule has 1 unspecified atom stereocenters. The highest BCUT2D eigenvalue weighted by Crippen LogP contribution is 2.20. The van der Waals surface area contributed by atoms with Crippen LogP contribution in [0.4, 0.5) is 0 Å². The Kier molecular flexibility index (Phi) is 6.02. The van der Waals surface area contributed by atoms with Crippen LogP contribution in [0.3, 0.4) is 0 Å². The maximum Gasteiger partial charge on any atom is 0.223 e. The van der Waals surface area contributed by atoms with Gasteiger partial charge in [0.05, 0.1) is 6.54 Å². The van der Waals surface area contributed by atoms with E-state index in [-0.39, 0.29) is 0 Å². The van der Waals surface area contributed by atoms with Crippen LogP contribution in [-0.2, 0) is 6.54 Å². The number of nitrogens with one attached hydrogen (secondary N) is 1. The summed E-state index contributed by atoms with van der Waals surface area (Å²) >= 11 is 0. The molecule has 6 nitrogen and oxygen atoms in total. The van der Waals surface area contributed by atoms with Crippen LogP contribution < -0.4 is 5.32 Å². The molecule has 0 spiro atoms. The monoisotopic (exact) mass is 321 g/mol. The van der Waals surface area contributed by atoms with Gasteiger partial charge in [-0.3, -0.25) is 4.90 Å². The molecular formula is C17H31N5O. The van der Waals surface area contributed by atoms with Gasteiger partial charge in [0.2, 0.25) is 5.89 Å². The molecule has 130 valence electrons. The molecule has 1 aromatic heterocycles. The van der Waals surface area contributed by atoms with Gasteiger partial charge in [-0.2, -0.15) is 4.98 Å². The Bertz CT molecular complexity index is 471. The van der Waals surface area contributed by atoms with E-state index in [9.17, 15) is 0 Å². The van der Waals surface area contributed by atoms with Crippen LogP contribution >= 0.6 is 0 Å². The maximum absolute atomic E-state index is 5.08. The van der Waals surface area contributed by atoms with Crippen LogP contribution in [0, 0.1) is 12.8 Å². The molecule has 2 saturated heterocycles. The summed E-state index contributed by atoms with van der Waals surface area (Å²) in [6.45, 7) is 8.82. The molecule has 0 amide bonds. The van der Waals surface area contributed by atoms with Crippen LogP contribution in [0.25, 0.3) is 0 Å². The predicted octanol–water partition coefficient (Wildman–Crippen LogP) is 1.66. The Morgan fingerprint density at radius 1 is 1.22 bits per heavy atom. The van der Waals surface area contributed by atoms with Crippen molar-refractivity contribution in [1.29, 1.82) is 0 Å². The SMILES string of the molecule is Cc1nc(CN(C)C2CCCN(CC3CCNCC3)CC2)no1. The molecule has 3 rings (SSSR count). The van der Waals surface area contributed by atoms with E-state index in [2.05, 4.69) is 32.3 Å². The standard InChI is InChI=1S/C17H31N5O/c1-14-19-17(20-23-14)13-21(2)16-4-3-10-22(11-7-16)12-15-5-8-18-9-6-15/h15-16,18H,3-13H2,1-2H3. The quantitative estimate of drug-likeness (QED) is 0.890. The Balaban J connectivity index is 1.45. The Morgan fingerprint density at radius 3 is 2.78 bits per heavy atom. The zero-order valence-corrected chi connectivity index (χ0v) is 14.6. The molecular weight excluding hydrogens is 290 g/mol. The predicted molar refractivity (Wildman–Crippen MR) is 90.2 cm³/mol. The van der Waals surface area contributed by atoms with Crippen molar-refractivity contribution in [2.45, 2.75) is 51.6 Å². The second kappa shape index (κ2) is 8.22. The minimum atomic E-state index is 0.631. The van der Waals surface area contributed by atoms with Gasteiger partial charge >= 0.3 is 0 Å². The first-order chi connectivity index (χ1) is 11.2. The van der Waals surface area contributed by atoms with Crippen molar-refractivity contribution in [2.75, 3.05) is 39.8 Å². The van der Waals surface area contributed by atoms with E-state index in [0.717, 1.165) is 18.3 Å². The van der Waals surface area contributed by atoms with Gasteiger partial charge in [-0.05, 0) is 71.2 Å². The topological polar surface area (TPSA) is 57.4 Å².